The highest BCUT2D eigenvalue weighted by Gasteiger charge is 2.34. The Balaban J connectivity index is 2.11. The van der Waals surface area contributed by atoms with Crippen LogP contribution in [0.3, 0.4) is 0 Å². The molecule has 0 saturated heterocycles. The molecule has 0 saturated carbocycles. The Labute approximate surface area is 200 Å². The molecule has 1 unspecified atom stereocenters. The lowest BCUT2D eigenvalue weighted by molar-refractivity contribution is -0.127. The van der Waals surface area contributed by atoms with E-state index in [-0.39, 0.29) is 18.4 Å². The Bertz CT molecular complexity index is 1040. The minimum Gasteiger partial charge on any atom is -0.467 e. The van der Waals surface area contributed by atoms with E-state index in [1.54, 1.807) is 53.6 Å². The van der Waals surface area contributed by atoms with Crippen LogP contribution < -0.4 is 5.32 Å². The number of benzene rings is 2. The first-order chi connectivity index (χ1) is 14.7. The third-order valence-corrected chi connectivity index (χ3v) is 5.71. The van der Waals surface area contributed by atoms with Gasteiger partial charge in [0.2, 0.25) is 5.91 Å². The average molecular weight is 551 g/mol. The van der Waals surface area contributed by atoms with E-state index in [4.69, 9.17) is 16.0 Å². The van der Waals surface area contributed by atoms with Crippen molar-refractivity contribution >= 4 is 46.0 Å². The van der Waals surface area contributed by atoms with Crippen molar-refractivity contribution < 1.29 is 14.0 Å². The molecular weight excluding hydrogens is 527 g/mol. The Hall–Kier alpha value is -2.32. The normalized spacial score (nSPS) is 12.3. The third kappa shape index (κ3) is 6.11. The van der Waals surface area contributed by atoms with Crippen molar-refractivity contribution in [3.8, 4) is 0 Å². The lowest BCUT2D eigenvalue weighted by Crippen LogP contribution is -2.49. The van der Waals surface area contributed by atoms with Crippen molar-refractivity contribution in [2.75, 3.05) is 0 Å². The number of carbonyl (C=O) groups is 2. The molecule has 3 aromatic rings. The predicted molar refractivity (Wildman–Crippen MR) is 130 cm³/mol. The molecule has 0 aliphatic heterocycles. The van der Waals surface area contributed by atoms with Crippen molar-refractivity contribution in [2.45, 2.75) is 38.9 Å². The van der Waals surface area contributed by atoms with Crippen molar-refractivity contribution in [3.05, 3.63) is 92.4 Å². The van der Waals surface area contributed by atoms with E-state index >= 15 is 0 Å². The molecule has 1 N–H and O–H groups in total. The summed E-state index contributed by atoms with van der Waals surface area (Å²) in [5, 5.41) is 3.57. The van der Waals surface area contributed by atoms with Gasteiger partial charge in [-0.15, -0.1) is 0 Å². The van der Waals surface area contributed by atoms with Gasteiger partial charge in [0, 0.05) is 14.1 Å². The maximum Gasteiger partial charge on any atom is 0.256 e. The van der Waals surface area contributed by atoms with Gasteiger partial charge in [0.1, 0.15) is 11.8 Å². The zero-order valence-corrected chi connectivity index (χ0v) is 20.5. The molecule has 2 amide bonds. The van der Waals surface area contributed by atoms with Crippen LogP contribution >= 0.6 is 34.2 Å². The molecule has 1 atom stereocenters. The van der Waals surface area contributed by atoms with Crippen LogP contribution in [0.25, 0.3) is 0 Å². The smallest absolute Gasteiger partial charge is 0.256 e. The zero-order chi connectivity index (χ0) is 22.6. The van der Waals surface area contributed by atoms with Crippen LogP contribution in [0.5, 0.6) is 0 Å². The van der Waals surface area contributed by atoms with E-state index in [1.807, 2.05) is 39.0 Å². The minimum atomic E-state index is -0.870. The highest BCUT2D eigenvalue weighted by Crippen LogP contribution is 2.29. The molecule has 0 spiro atoms. The molecule has 162 valence electrons. The van der Waals surface area contributed by atoms with Crippen LogP contribution in [-0.2, 0) is 11.3 Å². The topological polar surface area (TPSA) is 62.6 Å². The van der Waals surface area contributed by atoms with Crippen LogP contribution in [0.1, 0.15) is 48.5 Å². The number of halogens is 2. The number of furan rings is 1. The lowest BCUT2D eigenvalue weighted by atomic mass is 10.0. The molecule has 7 heteroatoms. The SMILES string of the molecule is CC(C)(C)NC(=O)C(c1ccc(Cl)cc1)N(Cc1ccco1)C(=O)c1ccccc1I. The van der Waals surface area contributed by atoms with E-state index in [0.717, 1.165) is 3.57 Å². The first kappa shape index (κ1) is 23.3. The minimum absolute atomic E-state index is 0.141. The second-order valence-electron chi connectivity index (χ2n) is 8.19. The molecule has 1 aromatic heterocycles. The van der Waals surface area contributed by atoms with Gasteiger partial charge in [-0.1, -0.05) is 35.9 Å². The highest BCUT2D eigenvalue weighted by atomic mass is 127. The zero-order valence-electron chi connectivity index (χ0n) is 17.6. The van der Waals surface area contributed by atoms with E-state index in [1.165, 1.54) is 0 Å². The largest absolute Gasteiger partial charge is 0.467 e. The first-order valence-corrected chi connectivity index (χ1v) is 11.3. The summed E-state index contributed by atoms with van der Waals surface area (Å²) in [6.45, 7) is 5.86. The number of amides is 2. The maximum atomic E-state index is 13.7. The summed E-state index contributed by atoms with van der Waals surface area (Å²) in [6.07, 6.45) is 1.55. The number of nitrogens with zero attached hydrogens (tertiary/aromatic N) is 1. The van der Waals surface area contributed by atoms with Gasteiger partial charge in [-0.05, 0) is 85.3 Å². The molecule has 0 fully saturated rings. The third-order valence-electron chi connectivity index (χ3n) is 4.52. The van der Waals surface area contributed by atoms with Crippen molar-refractivity contribution in [1.29, 1.82) is 0 Å². The molecule has 0 bridgehead atoms. The molecule has 31 heavy (non-hydrogen) atoms. The molecule has 5 nitrogen and oxygen atoms in total. The second kappa shape index (κ2) is 9.87. The summed E-state index contributed by atoms with van der Waals surface area (Å²) < 4.78 is 6.32. The summed E-state index contributed by atoms with van der Waals surface area (Å²) in [7, 11) is 0. The van der Waals surface area contributed by atoms with Gasteiger partial charge >= 0.3 is 0 Å². The Kier molecular flexibility index (Phi) is 7.43. The van der Waals surface area contributed by atoms with Gasteiger partial charge in [-0.2, -0.15) is 0 Å². The molecular formula is C24H24ClIN2O3. The number of rotatable bonds is 6. The predicted octanol–water partition coefficient (Wildman–Crippen LogP) is 5.84. The fraction of sp³-hybridized carbons (Fsp3) is 0.250. The summed E-state index contributed by atoms with van der Waals surface area (Å²) in [5.41, 5.74) is 0.719. The summed E-state index contributed by atoms with van der Waals surface area (Å²) in [6, 6.07) is 17.0. The van der Waals surface area contributed by atoms with Crippen molar-refractivity contribution in [1.82, 2.24) is 10.2 Å². The van der Waals surface area contributed by atoms with Crippen molar-refractivity contribution in [3.63, 3.8) is 0 Å². The van der Waals surface area contributed by atoms with Crippen LogP contribution in [0.15, 0.2) is 71.3 Å². The van der Waals surface area contributed by atoms with Gasteiger partial charge in [0.25, 0.3) is 5.91 Å². The summed E-state index contributed by atoms with van der Waals surface area (Å²) in [4.78, 5) is 28.7. The number of carbonyl (C=O) groups excluding carboxylic acids is 2. The van der Waals surface area contributed by atoms with Crippen molar-refractivity contribution in [2.24, 2.45) is 0 Å². The van der Waals surface area contributed by atoms with Crippen LogP contribution in [-0.4, -0.2) is 22.3 Å². The lowest BCUT2D eigenvalue weighted by Gasteiger charge is -2.33. The molecule has 1 heterocycles. The van der Waals surface area contributed by atoms with Gasteiger partial charge < -0.3 is 14.6 Å². The number of hydrogen-bond donors (Lipinski definition) is 1. The average Bonchev–Trinajstić information content (AvgIpc) is 3.20. The fourth-order valence-electron chi connectivity index (χ4n) is 3.20. The van der Waals surface area contributed by atoms with Crippen LogP contribution in [0.4, 0.5) is 0 Å². The quantitative estimate of drug-likeness (QED) is 0.393. The highest BCUT2D eigenvalue weighted by molar-refractivity contribution is 14.1. The second-order valence-corrected chi connectivity index (χ2v) is 9.78. The van der Waals surface area contributed by atoms with Crippen LogP contribution in [0, 0.1) is 3.57 Å². The molecule has 0 radical (unpaired) electrons. The molecule has 0 aliphatic carbocycles. The van der Waals surface area contributed by atoms with Gasteiger partial charge in [0.05, 0.1) is 18.4 Å². The van der Waals surface area contributed by atoms with E-state index in [9.17, 15) is 9.59 Å². The monoisotopic (exact) mass is 550 g/mol. The summed E-state index contributed by atoms with van der Waals surface area (Å²) >= 11 is 8.21. The Morgan fingerprint density at radius 2 is 1.74 bits per heavy atom. The number of nitrogens with one attached hydrogen (secondary N) is 1. The Morgan fingerprint density at radius 1 is 1.06 bits per heavy atom. The van der Waals surface area contributed by atoms with Gasteiger partial charge in [-0.3, -0.25) is 9.59 Å². The molecule has 0 aliphatic rings. The van der Waals surface area contributed by atoms with Gasteiger partial charge in [0.15, 0.2) is 0 Å². The number of hydrogen-bond acceptors (Lipinski definition) is 3. The molecule has 3 rings (SSSR count). The standard InChI is InChI=1S/C24H24ClIN2O3/c1-24(2,3)27-22(29)21(16-10-12-17(25)13-11-16)28(15-18-7-6-14-31-18)23(30)19-8-4-5-9-20(19)26/h4-14,21H,15H2,1-3H3,(H,27,29). The van der Waals surface area contributed by atoms with E-state index in [0.29, 0.717) is 21.9 Å². The van der Waals surface area contributed by atoms with E-state index < -0.39 is 11.6 Å². The Morgan fingerprint density at radius 3 is 2.32 bits per heavy atom. The summed E-state index contributed by atoms with van der Waals surface area (Å²) in [5.74, 6) is 0.0490. The van der Waals surface area contributed by atoms with Gasteiger partial charge in [-0.25, -0.2) is 0 Å². The van der Waals surface area contributed by atoms with Crippen LogP contribution in [0.2, 0.25) is 5.02 Å². The fourth-order valence-corrected chi connectivity index (χ4v) is 3.94. The van der Waals surface area contributed by atoms with E-state index in [2.05, 4.69) is 27.9 Å². The molecule has 2 aromatic carbocycles. The first-order valence-electron chi connectivity index (χ1n) is 9.81. The maximum absolute atomic E-state index is 13.7.